The van der Waals surface area contributed by atoms with Gasteiger partial charge in [-0.3, -0.25) is 4.79 Å². The molecule has 0 spiro atoms. The maximum atomic E-state index is 12.6. The standard InChI is InChI=1S/C19H24N2O2.ClH/c1-19(2,13-20)14-21(3)18(22)15-8-7-11-17(12-15)23-16-9-5-4-6-10-16;/h4-12H,13-14,20H2,1-3H3;1H. The first-order valence-corrected chi connectivity index (χ1v) is 7.70. The fourth-order valence-corrected chi connectivity index (χ4v) is 2.32. The SMILES string of the molecule is CN(CC(C)(C)CN)C(=O)c1cccc(Oc2ccccc2)c1.Cl. The Morgan fingerprint density at radius 3 is 2.33 bits per heavy atom. The van der Waals surface area contributed by atoms with E-state index in [-0.39, 0.29) is 23.7 Å². The van der Waals surface area contributed by atoms with E-state index < -0.39 is 0 Å². The molecule has 1 amide bonds. The van der Waals surface area contributed by atoms with Crippen molar-refractivity contribution < 1.29 is 9.53 Å². The van der Waals surface area contributed by atoms with Gasteiger partial charge in [-0.2, -0.15) is 0 Å². The van der Waals surface area contributed by atoms with E-state index in [2.05, 4.69) is 0 Å². The molecule has 0 saturated heterocycles. The van der Waals surface area contributed by atoms with E-state index in [0.717, 1.165) is 5.75 Å². The van der Waals surface area contributed by atoms with Gasteiger partial charge in [-0.25, -0.2) is 0 Å². The Labute approximate surface area is 150 Å². The highest BCUT2D eigenvalue weighted by molar-refractivity contribution is 5.94. The molecule has 0 aliphatic carbocycles. The third-order valence-corrected chi connectivity index (χ3v) is 3.62. The van der Waals surface area contributed by atoms with Crippen LogP contribution in [-0.2, 0) is 0 Å². The summed E-state index contributed by atoms with van der Waals surface area (Å²) in [6, 6.07) is 16.7. The largest absolute Gasteiger partial charge is 0.457 e. The van der Waals surface area contributed by atoms with Gasteiger partial charge in [-0.05, 0) is 42.3 Å². The van der Waals surface area contributed by atoms with Crippen LogP contribution in [-0.4, -0.2) is 30.9 Å². The summed E-state index contributed by atoms with van der Waals surface area (Å²) in [4.78, 5) is 14.3. The number of ether oxygens (including phenoxy) is 1. The zero-order chi connectivity index (χ0) is 16.9. The van der Waals surface area contributed by atoms with E-state index in [4.69, 9.17) is 10.5 Å². The highest BCUT2D eigenvalue weighted by Crippen LogP contribution is 2.23. The maximum Gasteiger partial charge on any atom is 0.253 e. The molecule has 0 aliphatic rings. The first kappa shape index (κ1) is 20.0. The molecule has 2 rings (SSSR count). The molecule has 0 saturated carbocycles. The fraction of sp³-hybridized carbons (Fsp3) is 0.316. The summed E-state index contributed by atoms with van der Waals surface area (Å²) in [6.07, 6.45) is 0. The van der Waals surface area contributed by atoms with Crippen LogP contribution in [0.15, 0.2) is 54.6 Å². The van der Waals surface area contributed by atoms with E-state index >= 15 is 0 Å². The third-order valence-electron chi connectivity index (χ3n) is 3.62. The summed E-state index contributed by atoms with van der Waals surface area (Å²) >= 11 is 0. The lowest BCUT2D eigenvalue weighted by atomic mass is 9.93. The van der Waals surface area contributed by atoms with Gasteiger partial charge < -0.3 is 15.4 Å². The molecule has 0 bridgehead atoms. The molecule has 2 aromatic carbocycles. The van der Waals surface area contributed by atoms with E-state index in [1.54, 1.807) is 24.1 Å². The van der Waals surface area contributed by atoms with Crippen LogP contribution in [0.1, 0.15) is 24.2 Å². The molecule has 0 aliphatic heterocycles. The number of benzene rings is 2. The van der Waals surface area contributed by atoms with Crippen LogP contribution in [0.4, 0.5) is 0 Å². The number of amides is 1. The van der Waals surface area contributed by atoms with Gasteiger partial charge in [-0.1, -0.05) is 38.1 Å². The zero-order valence-electron chi connectivity index (χ0n) is 14.4. The lowest BCUT2D eigenvalue weighted by Crippen LogP contribution is -2.39. The molecule has 2 N–H and O–H groups in total. The number of halogens is 1. The van der Waals surface area contributed by atoms with Crippen molar-refractivity contribution in [2.45, 2.75) is 13.8 Å². The number of nitrogens with zero attached hydrogens (tertiary/aromatic N) is 1. The number of hydrogen-bond acceptors (Lipinski definition) is 3. The number of nitrogens with two attached hydrogens (primary N) is 1. The number of rotatable bonds is 6. The molecular formula is C19H25ClN2O2. The Balaban J connectivity index is 0.00000288. The van der Waals surface area contributed by atoms with E-state index in [9.17, 15) is 4.79 Å². The summed E-state index contributed by atoms with van der Waals surface area (Å²) in [6.45, 7) is 5.23. The maximum absolute atomic E-state index is 12.6. The minimum atomic E-state index is -0.109. The number of carbonyl (C=O) groups is 1. The van der Waals surface area contributed by atoms with Crippen molar-refractivity contribution >= 4 is 18.3 Å². The lowest BCUT2D eigenvalue weighted by molar-refractivity contribution is 0.0740. The predicted molar refractivity (Wildman–Crippen MR) is 100 cm³/mol. The first-order valence-electron chi connectivity index (χ1n) is 7.70. The van der Waals surface area contributed by atoms with Crippen molar-refractivity contribution in [3.05, 3.63) is 60.2 Å². The number of para-hydroxylation sites is 1. The van der Waals surface area contributed by atoms with Crippen molar-refractivity contribution in [3.8, 4) is 11.5 Å². The van der Waals surface area contributed by atoms with Crippen molar-refractivity contribution in [1.29, 1.82) is 0 Å². The number of carbonyl (C=O) groups excluding carboxylic acids is 1. The van der Waals surface area contributed by atoms with E-state index in [1.165, 1.54) is 0 Å². The highest BCUT2D eigenvalue weighted by atomic mass is 35.5. The molecule has 0 radical (unpaired) electrons. The second kappa shape index (κ2) is 8.71. The molecule has 130 valence electrons. The van der Waals surface area contributed by atoms with Crippen LogP contribution in [0.2, 0.25) is 0 Å². The Bertz CT molecular complexity index is 659. The summed E-state index contributed by atoms with van der Waals surface area (Å²) in [5.74, 6) is 1.35. The molecule has 5 heteroatoms. The quantitative estimate of drug-likeness (QED) is 0.859. The molecule has 2 aromatic rings. The normalized spacial score (nSPS) is 10.7. The summed E-state index contributed by atoms with van der Waals surface area (Å²) in [5, 5.41) is 0. The topological polar surface area (TPSA) is 55.6 Å². The highest BCUT2D eigenvalue weighted by Gasteiger charge is 2.22. The Morgan fingerprint density at radius 2 is 1.71 bits per heavy atom. The summed E-state index contributed by atoms with van der Waals surface area (Å²) < 4.78 is 5.78. The summed E-state index contributed by atoms with van der Waals surface area (Å²) in [7, 11) is 1.80. The van der Waals surface area contributed by atoms with Gasteiger partial charge in [0.25, 0.3) is 5.91 Å². The molecule has 0 atom stereocenters. The van der Waals surface area contributed by atoms with Crippen LogP contribution in [0.5, 0.6) is 11.5 Å². The lowest BCUT2D eigenvalue weighted by Gasteiger charge is -2.29. The van der Waals surface area contributed by atoms with Gasteiger partial charge in [0.05, 0.1) is 0 Å². The van der Waals surface area contributed by atoms with Gasteiger partial charge in [0, 0.05) is 19.2 Å². The van der Waals surface area contributed by atoms with Crippen molar-refractivity contribution in [1.82, 2.24) is 4.90 Å². The Morgan fingerprint density at radius 1 is 1.08 bits per heavy atom. The van der Waals surface area contributed by atoms with Crippen LogP contribution < -0.4 is 10.5 Å². The summed E-state index contributed by atoms with van der Waals surface area (Å²) in [5.41, 5.74) is 6.24. The van der Waals surface area contributed by atoms with Gasteiger partial charge in [0.2, 0.25) is 0 Å². The minimum absolute atomic E-state index is 0. The number of hydrogen-bond donors (Lipinski definition) is 1. The van der Waals surface area contributed by atoms with Crippen LogP contribution >= 0.6 is 12.4 Å². The van der Waals surface area contributed by atoms with Crippen LogP contribution in [0.25, 0.3) is 0 Å². The third kappa shape index (κ3) is 5.55. The molecule has 0 aromatic heterocycles. The van der Waals surface area contributed by atoms with E-state index in [0.29, 0.717) is 24.4 Å². The molecule has 0 heterocycles. The van der Waals surface area contributed by atoms with Crippen LogP contribution in [0, 0.1) is 5.41 Å². The average molecular weight is 349 g/mol. The second-order valence-corrected chi connectivity index (χ2v) is 6.47. The van der Waals surface area contributed by atoms with E-state index in [1.807, 2.05) is 56.3 Å². The van der Waals surface area contributed by atoms with Crippen molar-refractivity contribution in [2.75, 3.05) is 20.1 Å². The van der Waals surface area contributed by atoms with Crippen LogP contribution in [0.3, 0.4) is 0 Å². The molecule has 0 unspecified atom stereocenters. The van der Waals surface area contributed by atoms with Gasteiger partial charge in [0.1, 0.15) is 11.5 Å². The zero-order valence-corrected chi connectivity index (χ0v) is 15.2. The second-order valence-electron chi connectivity index (χ2n) is 6.47. The minimum Gasteiger partial charge on any atom is -0.457 e. The molecule has 0 fully saturated rings. The molecule has 24 heavy (non-hydrogen) atoms. The van der Waals surface area contributed by atoms with Gasteiger partial charge >= 0.3 is 0 Å². The molecule has 4 nitrogen and oxygen atoms in total. The Kier molecular flexibility index (Phi) is 7.26. The first-order chi connectivity index (χ1) is 10.9. The van der Waals surface area contributed by atoms with Crippen molar-refractivity contribution in [2.24, 2.45) is 11.1 Å². The molecular weight excluding hydrogens is 324 g/mol. The average Bonchev–Trinajstić information content (AvgIpc) is 2.55. The van der Waals surface area contributed by atoms with Gasteiger partial charge in [-0.15, -0.1) is 12.4 Å². The van der Waals surface area contributed by atoms with Crippen molar-refractivity contribution in [3.63, 3.8) is 0 Å². The monoisotopic (exact) mass is 348 g/mol. The van der Waals surface area contributed by atoms with Gasteiger partial charge in [0.15, 0.2) is 0 Å². The smallest absolute Gasteiger partial charge is 0.253 e. The Hall–Kier alpha value is -2.04. The fourth-order valence-electron chi connectivity index (χ4n) is 2.32. The predicted octanol–water partition coefficient (Wildman–Crippen LogP) is 3.96.